The lowest BCUT2D eigenvalue weighted by Gasteiger charge is -2.24. The van der Waals surface area contributed by atoms with Gasteiger partial charge < -0.3 is 0 Å². The van der Waals surface area contributed by atoms with E-state index in [1.54, 1.807) is 19.1 Å². The van der Waals surface area contributed by atoms with Crippen LogP contribution >= 0.6 is 0 Å². The summed E-state index contributed by atoms with van der Waals surface area (Å²) in [5.74, 6) is -0.250. The van der Waals surface area contributed by atoms with E-state index in [4.69, 9.17) is 7.85 Å². The van der Waals surface area contributed by atoms with Crippen LogP contribution in [0.5, 0.6) is 0 Å². The Morgan fingerprint density at radius 3 is 2.41 bits per heavy atom. The van der Waals surface area contributed by atoms with Crippen molar-refractivity contribution in [3.05, 3.63) is 47.2 Å². The zero-order valence-electron chi connectivity index (χ0n) is 11.0. The minimum Gasteiger partial charge on any atom is -0.206 e. The van der Waals surface area contributed by atoms with E-state index in [1.165, 1.54) is 6.07 Å². The second kappa shape index (κ2) is 4.91. The van der Waals surface area contributed by atoms with E-state index in [9.17, 15) is 4.39 Å². The number of benzene rings is 1. The van der Waals surface area contributed by atoms with Crippen LogP contribution in [0.3, 0.4) is 0 Å². The van der Waals surface area contributed by atoms with Crippen molar-refractivity contribution in [1.82, 2.24) is 0 Å². The molecule has 0 N–H and O–H groups in total. The second-order valence-corrected chi connectivity index (χ2v) is 5.32. The van der Waals surface area contributed by atoms with Crippen LogP contribution in [0.4, 0.5) is 4.39 Å². The summed E-state index contributed by atoms with van der Waals surface area (Å²) in [5, 5.41) is 0. The van der Waals surface area contributed by atoms with Crippen molar-refractivity contribution < 1.29 is 4.39 Å². The molecule has 0 amide bonds. The highest BCUT2D eigenvalue weighted by Gasteiger charge is 2.21. The molecular formula is C15H18BF. The quantitative estimate of drug-likeness (QED) is 0.657. The summed E-state index contributed by atoms with van der Waals surface area (Å²) in [6, 6.07) is 4.99. The van der Waals surface area contributed by atoms with Crippen molar-refractivity contribution in [1.29, 1.82) is 0 Å². The van der Waals surface area contributed by atoms with Gasteiger partial charge in [-0.25, -0.2) is 4.39 Å². The standard InChI is InChI=1S/C15H18BF/c1-10(16)9-12-7-6-8-13(17)14(12)11(2)15(3,4)5/h6-9H,2H2,1,3-5H3/b10-9+. The van der Waals surface area contributed by atoms with Gasteiger partial charge in [0.1, 0.15) is 13.7 Å². The van der Waals surface area contributed by atoms with Crippen LogP contribution < -0.4 is 0 Å². The van der Waals surface area contributed by atoms with Crippen molar-refractivity contribution >= 4 is 19.5 Å². The van der Waals surface area contributed by atoms with Crippen molar-refractivity contribution in [2.75, 3.05) is 0 Å². The summed E-state index contributed by atoms with van der Waals surface area (Å²) in [7, 11) is 5.66. The van der Waals surface area contributed by atoms with Gasteiger partial charge in [0.25, 0.3) is 0 Å². The van der Waals surface area contributed by atoms with E-state index in [1.807, 2.05) is 26.8 Å². The molecule has 0 saturated carbocycles. The van der Waals surface area contributed by atoms with Gasteiger partial charge in [0, 0.05) is 5.56 Å². The smallest absolute Gasteiger partial charge is 0.131 e. The van der Waals surface area contributed by atoms with Crippen molar-refractivity contribution in [3.63, 3.8) is 0 Å². The molecule has 0 atom stereocenters. The molecule has 88 valence electrons. The average molecular weight is 228 g/mol. The van der Waals surface area contributed by atoms with E-state index < -0.39 is 0 Å². The Balaban J connectivity index is 3.41. The summed E-state index contributed by atoms with van der Waals surface area (Å²) in [5.41, 5.74) is 2.60. The average Bonchev–Trinajstić information content (AvgIpc) is 2.14. The lowest BCUT2D eigenvalue weighted by atomic mass is 9.80. The van der Waals surface area contributed by atoms with Gasteiger partial charge in [-0.1, -0.05) is 52.5 Å². The highest BCUT2D eigenvalue weighted by Crippen LogP contribution is 2.36. The molecule has 1 rings (SSSR count). The second-order valence-electron chi connectivity index (χ2n) is 5.32. The maximum absolute atomic E-state index is 14.0. The van der Waals surface area contributed by atoms with E-state index >= 15 is 0 Å². The van der Waals surface area contributed by atoms with E-state index in [-0.39, 0.29) is 11.2 Å². The van der Waals surface area contributed by atoms with Crippen molar-refractivity contribution in [2.45, 2.75) is 27.7 Å². The van der Waals surface area contributed by atoms with Gasteiger partial charge in [0.2, 0.25) is 0 Å². The predicted molar refractivity (Wildman–Crippen MR) is 74.3 cm³/mol. The van der Waals surface area contributed by atoms with Gasteiger partial charge in [-0.2, -0.15) is 0 Å². The highest BCUT2D eigenvalue weighted by molar-refractivity contribution is 6.23. The number of hydrogen-bond acceptors (Lipinski definition) is 0. The minimum atomic E-state index is -0.250. The summed E-state index contributed by atoms with van der Waals surface area (Å²) in [6.45, 7) is 11.9. The molecule has 2 heteroatoms. The molecule has 0 bridgehead atoms. The third-order valence-corrected chi connectivity index (χ3v) is 2.64. The molecule has 0 spiro atoms. The number of rotatable bonds is 2. The largest absolute Gasteiger partial charge is 0.206 e. The van der Waals surface area contributed by atoms with Gasteiger partial charge in [0.15, 0.2) is 0 Å². The zero-order valence-corrected chi connectivity index (χ0v) is 11.0. The molecule has 0 heterocycles. The third kappa shape index (κ3) is 3.32. The first-order valence-electron chi connectivity index (χ1n) is 5.65. The van der Waals surface area contributed by atoms with Crippen LogP contribution in [0.15, 0.2) is 30.3 Å². The monoisotopic (exact) mass is 228 g/mol. The SMILES string of the molecule is [B]/C(C)=C/c1cccc(F)c1C(=C)C(C)(C)C. The van der Waals surface area contributed by atoms with Crippen LogP contribution in [0, 0.1) is 11.2 Å². The molecule has 0 aliphatic rings. The van der Waals surface area contributed by atoms with Gasteiger partial charge in [-0.05, 0) is 22.6 Å². The molecule has 0 aliphatic heterocycles. The topological polar surface area (TPSA) is 0 Å². The zero-order chi connectivity index (χ0) is 13.2. The van der Waals surface area contributed by atoms with Crippen LogP contribution in [0.1, 0.15) is 38.8 Å². The van der Waals surface area contributed by atoms with Crippen LogP contribution in [0.2, 0.25) is 0 Å². The number of allylic oxidation sites excluding steroid dienone is 2. The van der Waals surface area contributed by atoms with Gasteiger partial charge >= 0.3 is 0 Å². The van der Waals surface area contributed by atoms with Gasteiger partial charge in [-0.3, -0.25) is 0 Å². The maximum atomic E-state index is 14.0. The fraction of sp³-hybridized carbons (Fsp3) is 0.333. The molecule has 0 aliphatic carbocycles. The molecule has 1 aromatic rings. The van der Waals surface area contributed by atoms with E-state index in [0.29, 0.717) is 11.0 Å². The molecular weight excluding hydrogens is 210 g/mol. The summed E-state index contributed by atoms with van der Waals surface area (Å²) < 4.78 is 14.0. The first-order valence-corrected chi connectivity index (χ1v) is 5.65. The van der Waals surface area contributed by atoms with Crippen molar-refractivity contribution in [3.8, 4) is 0 Å². The Bertz CT molecular complexity index is 460. The first kappa shape index (κ1) is 13.8. The van der Waals surface area contributed by atoms with Gasteiger partial charge in [-0.15, -0.1) is 5.47 Å². The van der Waals surface area contributed by atoms with Crippen LogP contribution in [-0.2, 0) is 0 Å². The van der Waals surface area contributed by atoms with Gasteiger partial charge in [0.05, 0.1) is 0 Å². The third-order valence-electron chi connectivity index (χ3n) is 2.64. The Kier molecular flexibility index (Phi) is 3.97. The molecule has 17 heavy (non-hydrogen) atoms. The fourth-order valence-electron chi connectivity index (χ4n) is 1.60. The van der Waals surface area contributed by atoms with E-state index in [2.05, 4.69) is 6.58 Å². The number of hydrogen-bond donors (Lipinski definition) is 0. The minimum absolute atomic E-state index is 0.173. The molecule has 0 nitrogen and oxygen atoms in total. The molecule has 0 saturated heterocycles. The normalized spacial score (nSPS) is 12.6. The van der Waals surface area contributed by atoms with Crippen LogP contribution in [0.25, 0.3) is 11.6 Å². The summed E-state index contributed by atoms with van der Waals surface area (Å²) >= 11 is 0. The molecule has 0 fully saturated rings. The summed E-state index contributed by atoms with van der Waals surface area (Å²) in [6.07, 6.45) is 1.77. The van der Waals surface area contributed by atoms with Crippen LogP contribution in [-0.4, -0.2) is 7.85 Å². The lowest BCUT2D eigenvalue weighted by Crippen LogP contribution is -2.10. The number of halogens is 1. The predicted octanol–water partition coefficient (Wildman–Crippen LogP) is 4.41. The molecule has 1 aromatic carbocycles. The molecule has 2 radical (unpaired) electrons. The summed E-state index contributed by atoms with van der Waals surface area (Å²) in [4.78, 5) is 0. The fourth-order valence-corrected chi connectivity index (χ4v) is 1.60. The Morgan fingerprint density at radius 1 is 1.35 bits per heavy atom. The Hall–Kier alpha value is -1.31. The maximum Gasteiger partial charge on any atom is 0.131 e. The Morgan fingerprint density at radius 2 is 1.94 bits per heavy atom. The Labute approximate surface area is 105 Å². The van der Waals surface area contributed by atoms with E-state index in [0.717, 1.165) is 11.1 Å². The molecule has 0 unspecified atom stereocenters. The molecule has 0 aromatic heterocycles. The highest BCUT2D eigenvalue weighted by atomic mass is 19.1. The van der Waals surface area contributed by atoms with Crippen molar-refractivity contribution in [2.24, 2.45) is 5.41 Å². The lowest BCUT2D eigenvalue weighted by molar-refractivity contribution is 0.556. The first-order chi connectivity index (χ1) is 7.73.